The molecule has 0 spiro atoms. The van der Waals surface area contributed by atoms with Crippen molar-refractivity contribution in [3.63, 3.8) is 0 Å². The van der Waals surface area contributed by atoms with E-state index in [-0.39, 0.29) is 24.7 Å². The molecule has 2 aromatic heterocycles. The second kappa shape index (κ2) is 9.28. The topological polar surface area (TPSA) is 117 Å². The number of Topliss-reactive ketones (excluding diaryl/α,β-unsaturated/α-hetero) is 1. The second-order valence-electron chi connectivity index (χ2n) is 6.47. The molecule has 0 saturated carbocycles. The van der Waals surface area contributed by atoms with Gasteiger partial charge in [-0.15, -0.1) is 0 Å². The molecule has 0 bridgehead atoms. The van der Waals surface area contributed by atoms with E-state index >= 15 is 0 Å². The molecule has 0 radical (unpaired) electrons. The molecule has 148 valence electrons. The molecular weight excluding hydrogens is 392 g/mol. The summed E-state index contributed by atoms with van der Waals surface area (Å²) in [5.41, 5.74) is 2.48. The Kier molecular flexibility index (Phi) is 6.54. The van der Waals surface area contributed by atoms with Crippen molar-refractivity contribution in [1.29, 1.82) is 5.26 Å². The summed E-state index contributed by atoms with van der Waals surface area (Å²) < 4.78 is 1.60. The molecule has 1 atom stereocenters. The molecule has 0 amide bonds. The van der Waals surface area contributed by atoms with E-state index in [1.807, 2.05) is 0 Å². The number of anilines is 2. The van der Waals surface area contributed by atoms with E-state index in [1.54, 1.807) is 48.3 Å². The van der Waals surface area contributed by atoms with Gasteiger partial charge in [-0.2, -0.15) is 10.4 Å². The third kappa shape index (κ3) is 5.16. The first-order valence-corrected chi connectivity index (χ1v) is 9.34. The molecule has 3 aromatic rings. The molecule has 3 rings (SSSR count). The van der Waals surface area contributed by atoms with Crippen LogP contribution in [0.2, 0.25) is 5.02 Å². The van der Waals surface area contributed by atoms with E-state index in [0.717, 1.165) is 5.56 Å². The fourth-order valence-corrected chi connectivity index (χ4v) is 2.87. The number of nitrogens with zero attached hydrogens (tertiary/aromatic N) is 5. The third-order valence-corrected chi connectivity index (χ3v) is 4.43. The van der Waals surface area contributed by atoms with Crippen LogP contribution in [-0.2, 0) is 6.54 Å². The van der Waals surface area contributed by atoms with Crippen molar-refractivity contribution in [3.05, 3.63) is 53.4 Å². The van der Waals surface area contributed by atoms with Crippen molar-refractivity contribution in [1.82, 2.24) is 19.7 Å². The van der Waals surface area contributed by atoms with Gasteiger partial charge in [-0.05, 0) is 6.92 Å². The third-order valence-electron chi connectivity index (χ3n) is 4.15. The first kappa shape index (κ1) is 20.5. The van der Waals surface area contributed by atoms with Gasteiger partial charge in [0.1, 0.15) is 0 Å². The smallest absolute Gasteiger partial charge is 0.227 e. The molecule has 2 heterocycles. The van der Waals surface area contributed by atoms with E-state index in [0.29, 0.717) is 34.5 Å². The van der Waals surface area contributed by atoms with E-state index < -0.39 is 0 Å². The molecule has 8 nitrogen and oxygen atoms in total. The Hall–Kier alpha value is -3.28. The number of carbonyl (C=O) groups excluding carboxylic acids is 1. The highest BCUT2D eigenvalue weighted by molar-refractivity contribution is 6.32. The van der Waals surface area contributed by atoms with Crippen molar-refractivity contribution in [2.75, 3.05) is 11.9 Å². The summed E-state index contributed by atoms with van der Waals surface area (Å²) in [4.78, 5) is 20.8. The van der Waals surface area contributed by atoms with E-state index in [9.17, 15) is 4.79 Å². The molecule has 0 aliphatic heterocycles. The average molecular weight is 411 g/mol. The SMILES string of the molecule is C[C@@H](C#N)CC(=O)c1ccc(-c2nc(Nc3cnn(CCO)c3)ncc2Cl)cc1. The van der Waals surface area contributed by atoms with E-state index in [4.69, 9.17) is 22.0 Å². The van der Waals surface area contributed by atoms with Gasteiger partial charge < -0.3 is 10.4 Å². The van der Waals surface area contributed by atoms with Crippen molar-refractivity contribution >= 4 is 29.0 Å². The fraction of sp³-hybridized carbons (Fsp3) is 0.250. The number of hydrogen-bond donors (Lipinski definition) is 2. The number of hydrogen-bond acceptors (Lipinski definition) is 7. The number of benzene rings is 1. The lowest BCUT2D eigenvalue weighted by molar-refractivity contribution is 0.0973. The Morgan fingerprint density at radius 2 is 2.10 bits per heavy atom. The highest BCUT2D eigenvalue weighted by atomic mass is 35.5. The maximum Gasteiger partial charge on any atom is 0.227 e. The standard InChI is InChI=1S/C20H19ClN6O2/c1-13(9-22)8-18(29)14-2-4-15(5-3-14)19-17(21)11-23-20(26-19)25-16-10-24-27(12-16)6-7-28/h2-5,10-13,28H,6-8H2,1H3,(H,23,25,26)/t13-/m1/s1. The minimum absolute atomic E-state index is 0.00334. The van der Waals surface area contributed by atoms with Gasteiger partial charge in [0, 0.05) is 23.7 Å². The Balaban J connectivity index is 1.78. The highest BCUT2D eigenvalue weighted by Gasteiger charge is 2.13. The van der Waals surface area contributed by atoms with E-state index in [2.05, 4.69) is 26.5 Å². The minimum Gasteiger partial charge on any atom is -0.394 e. The summed E-state index contributed by atoms with van der Waals surface area (Å²) in [6.07, 6.45) is 5.02. The number of rotatable bonds is 8. The predicted octanol–water partition coefficient (Wildman–Crippen LogP) is 3.46. The number of aromatic nitrogens is 4. The Morgan fingerprint density at radius 1 is 1.34 bits per heavy atom. The van der Waals surface area contributed by atoms with Crippen LogP contribution >= 0.6 is 11.6 Å². The highest BCUT2D eigenvalue weighted by Crippen LogP contribution is 2.27. The number of ketones is 1. The fourth-order valence-electron chi connectivity index (χ4n) is 2.67. The number of halogens is 1. The summed E-state index contributed by atoms with van der Waals surface area (Å²) in [7, 11) is 0. The van der Waals surface area contributed by atoms with Gasteiger partial charge in [-0.3, -0.25) is 9.48 Å². The second-order valence-corrected chi connectivity index (χ2v) is 6.87. The van der Waals surface area contributed by atoms with Gasteiger partial charge in [0.05, 0.1) is 53.9 Å². The predicted molar refractivity (Wildman–Crippen MR) is 109 cm³/mol. The molecule has 1 aromatic carbocycles. The quantitative estimate of drug-likeness (QED) is 0.546. The van der Waals surface area contributed by atoms with Gasteiger partial charge in [0.25, 0.3) is 0 Å². The van der Waals surface area contributed by atoms with Gasteiger partial charge in [-0.1, -0.05) is 35.9 Å². The van der Waals surface area contributed by atoms with Gasteiger partial charge in [0.15, 0.2) is 5.78 Å². The number of aliphatic hydroxyl groups is 1. The summed E-state index contributed by atoms with van der Waals surface area (Å²) >= 11 is 6.27. The van der Waals surface area contributed by atoms with Gasteiger partial charge in [0.2, 0.25) is 5.95 Å². The summed E-state index contributed by atoms with van der Waals surface area (Å²) in [6.45, 7) is 2.11. The zero-order valence-electron chi connectivity index (χ0n) is 15.7. The van der Waals surface area contributed by atoms with Crippen molar-refractivity contribution in [2.45, 2.75) is 19.9 Å². The molecule has 0 unspecified atom stereocenters. The Morgan fingerprint density at radius 3 is 2.79 bits per heavy atom. The Bertz CT molecular complexity index is 1040. The van der Waals surface area contributed by atoms with Gasteiger partial charge in [-0.25, -0.2) is 9.97 Å². The summed E-state index contributed by atoms with van der Waals surface area (Å²) in [6, 6.07) is 9.00. The van der Waals surface area contributed by atoms with Crippen molar-refractivity contribution < 1.29 is 9.90 Å². The first-order chi connectivity index (χ1) is 14.0. The maximum absolute atomic E-state index is 12.2. The molecular formula is C20H19ClN6O2. The van der Waals surface area contributed by atoms with Crippen LogP contribution in [0.25, 0.3) is 11.3 Å². The molecule has 29 heavy (non-hydrogen) atoms. The molecule has 2 N–H and O–H groups in total. The Labute approximate surface area is 172 Å². The molecule has 0 fully saturated rings. The lowest BCUT2D eigenvalue weighted by atomic mass is 9.99. The molecule has 9 heteroatoms. The van der Waals surface area contributed by atoms with Crippen LogP contribution in [-0.4, -0.2) is 37.2 Å². The average Bonchev–Trinajstić information content (AvgIpc) is 3.16. The van der Waals surface area contributed by atoms with Crippen LogP contribution in [0, 0.1) is 17.2 Å². The van der Waals surface area contributed by atoms with Crippen LogP contribution < -0.4 is 5.32 Å². The zero-order valence-corrected chi connectivity index (χ0v) is 16.5. The van der Waals surface area contributed by atoms with Gasteiger partial charge >= 0.3 is 0 Å². The first-order valence-electron chi connectivity index (χ1n) is 8.96. The van der Waals surface area contributed by atoms with Crippen LogP contribution in [0.3, 0.4) is 0 Å². The molecule has 0 saturated heterocycles. The lowest BCUT2D eigenvalue weighted by Crippen LogP contribution is -2.04. The number of nitriles is 1. The van der Waals surface area contributed by atoms with Crippen LogP contribution in [0.4, 0.5) is 11.6 Å². The van der Waals surface area contributed by atoms with Crippen LogP contribution in [0.5, 0.6) is 0 Å². The van der Waals surface area contributed by atoms with Crippen LogP contribution in [0.15, 0.2) is 42.9 Å². The largest absolute Gasteiger partial charge is 0.394 e. The summed E-state index contributed by atoms with van der Waals surface area (Å²) in [5, 5.41) is 25.4. The lowest BCUT2D eigenvalue weighted by Gasteiger charge is -2.08. The number of carbonyl (C=O) groups is 1. The monoisotopic (exact) mass is 410 g/mol. The van der Waals surface area contributed by atoms with Crippen LogP contribution in [0.1, 0.15) is 23.7 Å². The van der Waals surface area contributed by atoms with E-state index in [1.165, 1.54) is 6.20 Å². The molecule has 0 aliphatic carbocycles. The summed E-state index contributed by atoms with van der Waals surface area (Å²) in [5.74, 6) is -0.0635. The molecule has 0 aliphatic rings. The van der Waals surface area contributed by atoms with Crippen molar-refractivity contribution in [3.8, 4) is 17.3 Å². The normalized spacial score (nSPS) is 11.7. The van der Waals surface area contributed by atoms with Crippen molar-refractivity contribution in [2.24, 2.45) is 5.92 Å². The number of aliphatic hydroxyl groups excluding tert-OH is 1. The maximum atomic E-state index is 12.2. The minimum atomic E-state index is -0.325. The number of nitrogens with one attached hydrogen (secondary N) is 1. The zero-order chi connectivity index (χ0) is 20.8.